The molecule has 0 saturated heterocycles. The Balaban J connectivity index is 2.29. The summed E-state index contributed by atoms with van der Waals surface area (Å²) in [6.45, 7) is 16.0. The highest BCUT2D eigenvalue weighted by Crippen LogP contribution is 2.50. The number of hydrogen-bond acceptors (Lipinski definition) is 1. The molecule has 1 aliphatic carbocycles. The van der Waals surface area contributed by atoms with E-state index in [4.69, 9.17) is 6.42 Å². The van der Waals surface area contributed by atoms with Crippen LogP contribution in [0.25, 0.3) is 11.1 Å². The summed E-state index contributed by atoms with van der Waals surface area (Å²) in [5, 5.41) is 10.4. The summed E-state index contributed by atoms with van der Waals surface area (Å²) in [6.07, 6.45) is 6.96. The second-order valence-corrected chi connectivity index (χ2v) is 10.7. The van der Waals surface area contributed by atoms with Gasteiger partial charge in [0.05, 0.1) is 0 Å². The van der Waals surface area contributed by atoms with Gasteiger partial charge >= 0.3 is 0 Å². The molecule has 0 saturated carbocycles. The zero-order valence-electron chi connectivity index (χ0n) is 18.5. The van der Waals surface area contributed by atoms with E-state index < -0.39 is 6.10 Å². The molecule has 1 atom stereocenters. The SMILES string of the molecule is C#CC(O)c1cc(-c2ccc(C(C)(C)C)cc2)c2c(c1)C(C)(C)CCC2(C)C. The van der Waals surface area contributed by atoms with Crippen molar-refractivity contribution in [1.29, 1.82) is 0 Å². The minimum Gasteiger partial charge on any atom is -0.376 e. The summed E-state index contributed by atoms with van der Waals surface area (Å²) in [5.74, 6) is 2.50. The largest absolute Gasteiger partial charge is 0.376 e. The van der Waals surface area contributed by atoms with Crippen LogP contribution in [-0.2, 0) is 16.2 Å². The first kappa shape index (κ1) is 20.7. The van der Waals surface area contributed by atoms with Gasteiger partial charge < -0.3 is 5.11 Å². The normalized spacial score (nSPS) is 18.8. The summed E-state index contributed by atoms with van der Waals surface area (Å²) in [4.78, 5) is 0. The van der Waals surface area contributed by atoms with E-state index in [2.05, 4.69) is 90.8 Å². The molecule has 148 valence electrons. The van der Waals surface area contributed by atoms with E-state index in [0.717, 1.165) is 18.4 Å². The molecule has 1 heteroatoms. The Bertz CT molecular complexity index is 914. The molecular formula is C27H34O. The molecule has 0 aliphatic heterocycles. The molecule has 1 aliphatic rings. The van der Waals surface area contributed by atoms with Gasteiger partial charge in [0, 0.05) is 0 Å². The number of hydrogen-bond donors (Lipinski definition) is 1. The van der Waals surface area contributed by atoms with Gasteiger partial charge in [-0.3, -0.25) is 0 Å². The van der Waals surface area contributed by atoms with Crippen molar-refractivity contribution in [2.75, 3.05) is 0 Å². The highest BCUT2D eigenvalue weighted by molar-refractivity contribution is 5.73. The second kappa shape index (κ2) is 6.78. The van der Waals surface area contributed by atoms with Gasteiger partial charge in [0.2, 0.25) is 0 Å². The topological polar surface area (TPSA) is 20.2 Å². The molecule has 1 N–H and O–H groups in total. The average molecular weight is 375 g/mol. The van der Waals surface area contributed by atoms with E-state index >= 15 is 0 Å². The summed E-state index contributed by atoms with van der Waals surface area (Å²) in [7, 11) is 0. The highest BCUT2D eigenvalue weighted by atomic mass is 16.3. The van der Waals surface area contributed by atoms with Gasteiger partial charge in [-0.1, -0.05) is 84.7 Å². The van der Waals surface area contributed by atoms with Crippen LogP contribution < -0.4 is 0 Å². The van der Waals surface area contributed by atoms with Crippen molar-refractivity contribution in [1.82, 2.24) is 0 Å². The number of benzene rings is 2. The van der Waals surface area contributed by atoms with Crippen LogP contribution in [0.4, 0.5) is 0 Å². The maximum atomic E-state index is 10.4. The third-order valence-corrected chi connectivity index (χ3v) is 6.48. The first-order valence-corrected chi connectivity index (χ1v) is 10.3. The van der Waals surface area contributed by atoms with E-state index in [9.17, 15) is 5.11 Å². The van der Waals surface area contributed by atoms with Crippen LogP contribution in [0.3, 0.4) is 0 Å². The molecule has 28 heavy (non-hydrogen) atoms. The monoisotopic (exact) mass is 374 g/mol. The van der Waals surface area contributed by atoms with Crippen molar-refractivity contribution < 1.29 is 5.11 Å². The predicted molar refractivity (Wildman–Crippen MR) is 120 cm³/mol. The zero-order valence-corrected chi connectivity index (χ0v) is 18.5. The molecule has 0 aromatic heterocycles. The van der Waals surface area contributed by atoms with Crippen molar-refractivity contribution >= 4 is 0 Å². The highest BCUT2D eigenvalue weighted by Gasteiger charge is 2.39. The van der Waals surface area contributed by atoms with Crippen molar-refractivity contribution in [3.63, 3.8) is 0 Å². The minimum atomic E-state index is -0.876. The standard InChI is InChI=1S/C27H34O/c1-9-23(28)19-16-21(18-10-12-20(13-11-18)25(2,3)4)24-22(17-19)26(5,6)14-15-27(24,7)8/h1,10-13,16-17,23,28H,14-15H2,2-8H3. The molecule has 0 heterocycles. The predicted octanol–water partition coefficient (Wildman–Crippen LogP) is 6.67. The molecule has 0 radical (unpaired) electrons. The Morgan fingerprint density at radius 3 is 2.07 bits per heavy atom. The first-order chi connectivity index (χ1) is 12.9. The lowest BCUT2D eigenvalue weighted by molar-refractivity contribution is 0.237. The Morgan fingerprint density at radius 2 is 1.54 bits per heavy atom. The van der Waals surface area contributed by atoms with Crippen LogP contribution in [0.5, 0.6) is 0 Å². The average Bonchev–Trinajstić information content (AvgIpc) is 2.63. The van der Waals surface area contributed by atoms with Gasteiger partial charge in [-0.25, -0.2) is 0 Å². The quantitative estimate of drug-likeness (QED) is 0.582. The number of rotatable bonds is 2. The van der Waals surface area contributed by atoms with Crippen molar-refractivity contribution in [3.05, 3.63) is 58.7 Å². The molecule has 2 aromatic rings. The van der Waals surface area contributed by atoms with Crippen LogP contribution >= 0.6 is 0 Å². The van der Waals surface area contributed by atoms with Gasteiger partial charge in [-0.15, -0.1) is 6.42 Å². The fraction of sp³-hybridized carbons (Fsp3) is 0.481. The molecule has 3 rings (SSSR count). The van der Waals surface area contributed by atoms with E-state index in [0.29, 0.717) is 0 Å². The van der Waals surface area contributed by atoms with E-state index in [1.165, 1.54) is 27.8 Å². The zero-order chi connectivity index (χ0) is 20.9. The molecule has 1 unspecified atom stereocenters. The summed E-state index contributed by atoms with van der Waals surface area (Å²) >= 11 is 0. The fourth-order valence-corrected chi connectivity index (χ4v) is 4.44. The van der Waals surface area contributed by atoms with Gasteiger partial charge in [0.25, 0.3) is 0 Å². The third kappa shape index (κ3) is 3.63. The van der Waals surface area contributed by atoms with Crippen LogP contribution in [0, 0.1) is 12.3 Å². The molecule has 0 amide bonds. The number of aliphatic hydroxyl groups is 1. The van der Waals surface area contributed by atoms with E-state index in [-0.39, 0.29) is 16.2 Å². The van der Waals surface area contributed by atoms with Crippen LogP contribution in [0.1, 0.15) is 89.7 Å². The number of fused-ring (bicyclic) bond motifs is 1. The Morgan fingerprint density at radius 1 is 0.964 bits per heavy atom. The van der Waals surface area contributed by atoms with Crippen LogP contribution in [0.15, 0.2) is 36.4 Å². The summed E-state index contributed by atoms with van der Waals surface area (Å²) < 4.78 is 0. The molecular weight excluding hydrogens is 340 g/mol. The molecule has 0 spiro atoms. The van der Waals surface area contributed by atoms with Gasteiger partial charge in [0.15, 0.2) is 0 Å². The lowest BCUT2D eigenvalue weighted by atomic mass is 9.61. The van der Waals surface area contributed by atoms with Crippen LogP contribution in [0.2, 0.25) is 0 Å². The van der Waals surface area contributed by atoms with Gasteiger partial charge in [-0.05, 0) is 68.5 Å². The lowest BCUT2D eigenvalue weighted by Gasteiger charge is -2.43. The summed E-state index contributed by atoms with van der Waals surface area (Å²) in [6, 6.07) is 13.2. The van der Waals surface area contributed by atoms with E-state index in [1.54, 1.807) is 0 Å². The maximum absolute atomic E-state index is 10.4. The van der Waals surface area contributed by atoms with Crippen molar-refractivity contribution in [2.24, 2.45) is 0 Å². The third-order valence-electron chi connectivity index (χ3n) is 6.48. The Hall–Kier alpha value is -2.04. The second-order valence-electron chi connectivity index (χ2n) is 10.7. The van der Waals surface area contributed by atoms with Gasteiger partial charge in [-0.2, -0.15) is 0 Å². The number of terminal acetylenes is 1. The molecule has 0 bridgehead atoms. The molecule has 2 aromatic carbocycles. The molecule has 1 nitrogen and oxygen atoms in total. The maximum Gasteiger partial charge on any atom is 0.140 e. The van der Waals surface area contributed by atoms with Crippen molar-refractivity contribution in [2.45, 2.75) is 83.7 Å². The molecule has 0 fully saturated rings. The summed E-state index contributed by atoms with van der Waals surface area (Å²) in [5.41, 5.74) is 7.55. The fourth-order valence-electron chi connectivity index (χ4n) is 4.44. The minimum absolute atomic E-state index is 0.0648. The smallest absolute Gasteiger partial charge is 0.140 e. The van der Waals surface area contributed by atoms with Gasteiger partial charge in [0.1, 0.15) is 6.10 Å². The first-order valence-electron chi connectivity index (χ1n) is 10.3. The van der Waals surface area contributed by atoms with Crippen LogP contribution in [-0.4, -0.2) is 5.11 Å². The Labute approximate surface area is 171 Å². The number of aliphatic hydroxyl groups excluding tert-OH is 1. The van der Waals surface area contributed by atoms with Crippen molar-refractivity contribution in [3.8, 4) is 23.5 Å². The lowest BCUT2D eigenvalue weighted by Crippen LogP contribution is -2.34. The van der Waals surface area contributed by atoms with E-state index in [1.807, 2.05) is 0 Å². The Kier molecular flexibility index (Phi) is 5.01.